The lowest BCUT2D eigenvalue weighted by Gasteiger charge is -2.18. The van der Waals surface area contributed by atoms with Crippen LogP contribution in [-0.2, 0) is 4.79 Å². The Kier molecular flexibility index (Phi) is 7.11. The molecule has 0 aliphatic carbocycles. The summed E-state index contributed by atoms with van der Waals surface area (Å²) in [5.41, 5.74) is 1.12. The van der Waals surface area contributed by atoms with Crippen LogP contribution < -0.4 is 9.47 Å². The Hall–Kier alpha value is -3.15. The minimum Gasteiger partial charge on any atom is -0.482 e. The number of carbonyl (C=O) groups excluding carboxylic acids is 3. The minimum atomic E-state index is -0.561. The van der Waals surface area contributed by atoms with Gasteiger partial charge in [0.2, 0.25) is 0 Å². The molecule has 0 aliphatic rings. The molecule has 1 amide bonds. The van der Waals surface area contributed by atoms with Gasteiger partial charge in [-0.3, -0.25) is 9.59 Å². The fraction of sp³-hybridized carbons (Fsp3) is 0.286. The zero-order valence-corrected chi connectivity index (χ0v) is 15.7. The largest absolute Gasteiger partial charge is 0.482 e. The van der Waals surface area contributed by atoms with Crippen LogP contribution in [0.4, 0.5) is 0 Å². The van der Waals surface area contributed by atoms with E-state index in [9.17, 15) is 14.4 Å². The summed E-state index contributed by atoms with van der Waals surface area (Å²) in [5.74, 6) is 0.150. The van der Waals surface area contributed by atoms with Crippen LogP contribution in [0.15, 0.2) is 48.5 Å². The lowest BCUT2D eigenvalue weighted by molar-refractivity contribution is -0.136. The van der Waals surface area contributed by atoms with Crippen LogP contribution in [0.2, 0.25) is 0 Å². The smallest absolute Gasteiger partial charge is 0.349 e. The fourth-order valence-corrected chi connectivity index (χ4v) is 2.45. The normalized spacial score (nSPS) is 10.2. The van der Waals surface area contributed by atoms with E-state index in [0.29, 0.717) is 35.7 Å². The standard InChI is InChI=1S/C21H23NO5/c1-4-22(5-2)21(25)17-8-10-18(11-9-17)26-14-20(24)27-19-12-6-16(7-13-19)15(3)23/h6-13H,4-5,14H2,1-3H3. The number of benzene rings is 2. The van der Waals surface area contributed by atoms with E-state index in [2.05, 4.69) is 0 Å². The first-order valence-electron chi connectivity index (χ1n) is 8.78. The monoisotopic (exact) mass is 369 g/mol. The van der Waals surface area contributed by atoms with E-state index in [-0.39, 0.29) is 18.3 Å². The molecule has 0 unspecified atom stereocenters. The molecular weight excluding hydrogens is 346 g/mol. The Bertz CT molecular complexity index is 792. The molecule has 0 atom stereocenters. The molecule has 0 heterocycles. The molecule has 142 valence electrons. The second-order valence-electron chi connectivity index (χ2n) is 5.85. The van der Waals surface area contributed by atoms with E-state index in [1.807, 2.05) is 13.8 Å². The number of ether oxygens (including phenoxy) is 2. The topological polar surface area (TPSA) is 72.9 Å². The molecule has 0 spiro atoms. The highest BCUT2D eigenvalue weighted by Crippen LogP contribution is 2.15. The van der Waals surface area contributed by atoms with E-state index in [1.54, 1.807) is 53.4 Å². The van der Waals surface area contributed by atoms with Crippen LogP contribution in [0, 0.1) is 0 Å². The zero-order valence-electron chi connectivity index (χ0n) is 15.7. The number of hydrogen-bond acceptors (Lipinski definition) is 5. The van der Waals surface area contributed by atoms with Gasteiger partial charge in [-0.2, -0.15) is 0 Å². The van der Waals surface area contributed by atoms with Crippen molar-refractivity contribution in [1.82, 2.24) is 4.90 Å². The highest BCUT2D eigenvalue weighted by Gasteiger charge is 2.12. The van der Waals surface area contributed by atoms with Gasteiger partial charge in [0.05, 0.1) is 0 Å². The van der Waals surface area contributed by atoms with Crippen molar-refractivity contribution in [2.75, 3.05) is 19.7 Å². The van der Waals surface area contributed by atoms with Crippen molar-refractivity contribution in [3.05, 3.63) is 59.7 Å². The van der Waals surface area contributed by atoms with E-state index >= 15 is 0 Å². The van der Waals surface area contributed by atoms with E-state index in [0.717, 1.165) is 0 Å². The van der Waals surface area contributed by atoms with Gasteiger partial charge >= 0.3 is 5.97 Å². The molecule has 2 aromatic carbocycles. The van der Waals surface area contributed by atoms with Crippen LogP contribution in [0.1, 0.15) is 41.5 Å². The lowest BCUT2D eigenvalue weighted by atomic mass is 10.1. The number of hydrogen-bond donors (Lipinski definition) is 0. The number of carbonyl (C=O) groups is 3. The van der Waals surface area contributed by atoms with Gasteiger partial charge in [0, 0.05) is 24.2 Å². The number of Topliss-reactive ketones (excluding diaryl/α,β-unsaturated/α-hetero) is 1. The van der Waals surface area contributed by atoms with Gasteiger partial charge in [0.1, 0.15) is 11.5 Å². The quantitative estimate of drug-likeness (QED) is 0.405. The van der Waals surface area contributed by atoms with Crippen molar-refractivity contribution in [2.45, 2.75) is 20.8 Å². The van der Waals surface area contributed by atoms with Crippen molar-refractivity contribution in [1.29, 1.82) is 0 Å². The third-order valence-electron chi connectivity index (χ3n) is 4.00. The molecule has 0 aromatic heterocycles. The molecular formula is C21H23NO5. The molecule has 2 rings (SSSR count). The first kappa shape index (κ1) is 20.2. The third-order valence-corrected chi connectivity index (χ3v) is 4.00. The first-order valence-corrected chi connectivity index (χ1v) is 8.78. The molecule has 6 nitrogen and oxygen atoms in total. The first-order chi connectivity index (χ1) is 12.9. The van der Waals surface area contributed by atoms with Crippen LogP contribution in [0.25, 0.3) is 0 Å². The molecule has 2 aromatic rings. The number of ketones is 1. The summed E-state index contributed by atoms with van der Waals surface area (Å²) in [5, 5.41) is 0. The van der Waals surface area contributed by atoms with Gasteiger partial charge in [0.15, 0.2) is 12.4 Å². The van der Waals surface area contributed by atoms with Gasteiger partial charge in [-0.1, -0.05) is 0 Å². The minimum absolute atomic E-state index is 0.0417. The number of esters is 1. The summed E-state index contributed by atoms with van der Waals surface area (Å²) in [4.78, 5) is 37.1. The maximum absolute atomic E-state index is 12.2. The average molecular weight is 369 g/mol. The molecule has 0 radical (unpaired) electrons. The Morgan fingerprint density at radius 2 is 1.33 bits per heavy atom. The Morgan fingerprint density at radius 3 is 1.85 bits per heavy atom. The highest BCUT2D eigenvalue weighted by atomic mass is 16.6. The summed E-state index contributed by atoms with van der Waals surface area (Å²) in [6.07, 6.45) is 0. The van der Waals surface area contributed by atoms with Crippen molar-refractivity contribution < 1.29 is 23.9 Å². The van der Waals surface area contributed by atoms with Crippen molar-refractivity contribution in [3.63, 3.8) is 0 Å². The van der Waals surface area contributed by atoms with Crippen LogP contribution in [0.5, 0.6) is 11.5 Å². The second kappa shape index (κ2) is 9.52. The van der Waals surface area contributed by atoms with E-state index in [4.69, 9.17) is 9.47 Å². The molecule has 6 heteroatoms. The van der Waals surface area contributed by atoms with Crippen molar-refractivity contribution in [3.8, 4) is 11.5 Å². The Balaban J connectivity index is 1.87. The predicted molar refractivity (Wildman–Crippen MR) is 101 cm³/mol. The van der Waals surface area contributed by atoms with Gasteiger partial charge in [-0.05, 0) is 69.3 Å². The number of rotatable bonds is 8. The van der Waals surface area contributed by atoms with Crippen LogP contribution >= 0.6 is 0 Å². The summed E-state index contributed by atoms with van der Waals surface area (Å²) < 4.78 is 10.6. The summed E-state index contributed by atoms with van der Waals surface area (Å²) in [7, 11) is 0. The molecule has 0 saturated carbocycles. The van der Waals surface area contributed by atoms with Crippen molar-refractivity contribution in [2.24, 2.45) is 0 Å². The van der Waals surface area contributed by atoms with Gasteiger partial charge in [-0.25, -0.2) is 4.79 Å². The van der Waals surface area contributed by atoms with Gasteiger partial charge in [0.25, 0.3) is 5.91 Å². The maximum atomic E-state index is 12.2. The molecule has 0 N–H and O–H groups in total. The predicted octanol–water partition coefficient (Wildman–Crippen LogP) is 3.36. The molecule has 0 fully saturated rings. The van der Waals surface area contributed by atoms with E-state index in [1.165, 1.54) is 6.92 Å². The molecule has 27 heavy (non-hydrogen) atoms. The Labute approximate surface area is 158 Å². The second-order valence-corrected chi connectivity index (χ2v) is 5.85. The lowest BCUT2D eigenvalue weighted by Crippen LogP contribution is -2.30. The van der Waals surface area contributed by atoms with Crippen LogP contribution in [-0.4, -0.2) is 42.3 Å². The maximum Gasteiger partial charge on any atom is 0.349 e. The zero-order chi connectivity index (χ0) is 19.8. The summed E-state index contributed by atoms with van der Waals surface area (Å²) >= 11 is 0. The fourth-order valence-electron chi connectivity index (χ4n) is 2.45. The van der Waals surface area contributed by atoms with Crippen LogP contribution in [0.3, 0.4) is 0 Å². The number of nitrogens with zero attached hydrogens (tertiary/aromatic N) is 1. The Morgan fingerprint density at radius 1 is 0.815 bits per heavy atom. The molecule has 0 saturated heterocycles. The number of amides is 1. The summed E-state index contributed by atoms with van der Waals surface area (Å²) in [6, 6.07) is 12.9. The van der Waals surface area contributed by atoms with E-state index < -0.39 is 5.97 Å². The summed E-state index contributed by atoms with van der Waals surface area (Å²) in [6.45, 7) is 6.35. The molecule has 0 bridgehead atoms. The third kappa shape index (κ3) is 5.67. The van der Waals surface area contributed by atoms with Crippen molar-refractivity contribution >= 4 is 17.7 Å². The average Bonchev–Trinajstić information content (AvgIpc) is 2.68. The van der Waals surface area contributed by atoms with Gasteiger partial charge in [-0.15, -0.1) is 0 Å². The molecule has 0 aliphatic heterocycles. The van der Waals surface area contributed by atoms with Gasteiger partial charge < -0.3 is 14.4 Å². The SMILES string of the molecule is CCN(CC)C(=O)c1ccc(OCC(=O)Oc2ccc(C(C)=O)cc2)cc1. The highest BCUT2D eigenvalue weighted by molar-refractivity contribution is 5.94.